The Morgan fingerprint density at radius 1 is 1.19 bits per heavy atom. The maximum Gasteiger partial charge on any atom is 0.268 e. The molecule has 3 aliphatic carbocycles. The number of halogens is 1. The second-order valence-corrected chi connectivity index (χ2v) is 10.5. The molecule has 194 valence electrons. The number of fused-ring (bicyclic) bond motifs is 1. The number of carbonyl (C=O) groups is 1. The number of nitrogens with one attached hydrogen (secondary N) is 1. The first-order chi connectivity index (χ1) is 17.9. The largest absolute Gasteiger partial charge is 0.495 e. The average Bonchev–Trinajstić information content (AvgIpc) is 2.90. The lowest BCUT2D eigenvalue weighted by atomic mass is 9.43. The van der Waals surface area contributed by atoms with E-state index < -0.39 is 11.5 Å². The standard InChI is InChI=1S/C28H31FN4O4/c1-17-20-14-28(17,15-20)31-26(34)23-24(36-2)22-13-19(18-3-5-21(29)6-4-18)16-30-25(22)33(27(23)35)8-7-32-9-11-37-12-10-32/h3-6,13,16-17,20H,7-12,14-15H2,1-2H3,(H,31,34)/t17-,20?,28?/m0/s1. The predicted octanol–water partition coefficient (Wildman–Crippen LogP) is 3.07. The van der Waals surface area contributed by atoms with Crippen molar-refractivity contribution in [3.8, 4) is 16.9 Å². The predicted molar refractivity (Wildman–Crippen MR) is 137 cm³/mol. The monoisotopic (exact) mass is 506 g/mol. The zero-order valence-corrected chi connectivity index (χ0v) is 21.1. The molecule has 4 aliphatic rings. The van der Waals surface area contributed by atoms with Crippen molar-refractivity contribution < 1.29 is 18.7 Å². The summed E-state index contributed by atoms with van der Waals surface area (Å²) in [5, 5.41) is 3.74. The van der Waals surface area contributed by atoms with Crippen LogP contribution >= 0.6 is 0 Å². The van der Waals surface area contributed by atoms with Gasteiger partial charge in [0.2, 0.25) is 0 Å². The zero-order valence-electron chi connectivity index (χ0n) is 21.1. The van der Waals surface area contributed by atoms with E-state index in [0.717, 1.165) is 37.1 Å². The van der Waals surface area contributed by atoms with Crippen molar-refractivity contribution in [2.24, 2.45) is 11.8 Å². The summed E-state index contributed by atoms with van der Waals surface area (Å²) in [7, 11) is 1.47. The highest BCUT2D eigenvalue weighted by molar-refractivity contribution is 6.03. The van der Waals surface area contributed by atoms with Gasteiger partial charge in [0.05, 0.1) is 25.7 Å². The number of hydrogen-bond acceptors (Lipinski definition) is 6. The Morgan fingerprint density at radius 3 is 2.54 bits per heavy atom. The minimum absolute atomic E-state index is 0.00644. The molecule has 1 saturated heterocycles. The van der Waals surface area contributed by atoms with E-state index in [1.54, 1.807) is 22.9 Å². The summed E-state index contributed by atoms with van der Waals surface area (Å²) < 4.78 is 26.3. The molecule has 1 aliphatic heterocycles. The third kappa shape index (κ3) is 4.01. The highest BCUT2D eigenvalue weighted by Crippen LogP contribution is 2.61. The molecule has 1 aromatic carbocycles. The van der Waals surface area contributed by atoms with Gasteiger partial charge in [0.25, 0.3) is 11.5 Å². The molecule has 1 atom stereocenters. The van der Waals surface area contributed by atoms with E-state index in [9.17, 15) is 14.0 Å². The van der Waals surface area contributed by atoms with Crippen LogP contribution in [0.4, 0.5) is 4.39 Å². The van der Waals surface area contributed by atoms with E-state index in [2.05, 4.69) is 22.1 Å². The molecule has 0 radical (unpaired) electrons. The third-order valence-corrected chi connectivity index (χ3v) is 8.60. The van der Waals surface area contributed by atoms with E-state index in [1.165, 1.54) is 19.2 Å². The molecule has 1 amide bonds. The fourth-order valence-electron chi connectivity index (χ4n) is 6.02. The zero-order chi connectivity index (χ0) is 25.7. The van der Waals surface area contributed by atoms with Crippen molar-refractivity contribution in [1.82, 2.24) is 19.8 Å². The number of hydrogen-bond donors (Lipinski definition) is 1. The number of nitrogens with zero attached hydrogens (tertiary/aromatic N) is 3. The molecule has 3 heterocycles. The normalized spacial score (nSPS) is 24.8. The van der Waals surface area contributed by atoms with Crippen LogP contribution < -0.4 is 15.6 Å². The van der Waals surface area contributed by atoms with Gasteiger partial charge in [-0.25, -0.2) is 9.37 Å². The number of amides is 1. The first-order valence-electron chi connectivity index (χ1n) is 12.9. The lowest BCUT2D eigenvalue weighted by molar-refractivity contribution is -0.118. The number of ether oxygens (including phenoxy) is 2. The third-order valence-electron chi connectivity index (χ3n) is 8.60. The average molecular weight is 507 g/mol. The lowest BCUT2D eigenvalue weighted by Crippen LogP contribution is -2.74. The second-order valence-electron chi connectivity index (χ2n) is 10.5. The van der Waals surface area contributed by atoms with Gasteiger partial charge in [0, 0.05) is 43.5 Å². The van der Waals surface area contributed by atoms with Gasteiger partial charge in [-0.15, -0.1) is 0 Å². The van der Waals surface area contributed by atoms with Crippen LogP contribution in [0.5, 0.6) is 5.75 Å². The Balaban J connectivity index is 1.45. The molecule has 0 spiro atoms. The number of benzene rings is 1. The Hall–Kier alpha value is -3.30. The highest BCUT2D eigenvalue weighted by atomic mass is 19.1. The molecule has 1 N–H and O–H groups in total. The number of aromatic nitrogens is 2. The van der Waals surface area contributed by atoms with Gasteiger partial charge in [-0.3, -0.25) is 19.1 Å². The second kappa shape index (κ2) is 9.22. The fourth-order valence-corrected chi connectivity index (χ4v) is 6.02. The first-order valence-corrected chi connectivity index (χ1v) is 12.9. The van der Waals surface area contributed by atoms with Crippen LogP contribution in [0.25, 0.3) is 22.2 Å². The molecule has 7 rings (SSSR count). The summed E-state index contributed by atoms with van der Waals surface area (Å²) in [5.74, 6) is 0.565. The van der Waals surface area contributed by atoms with Crippen LogP contribution in [0.2, 0.25) is 0 Å². The van der Waals surface area contributed by atoms with Crippen LogP contribution in [0.1, 0.15) is 30.1 Å². The minimum atomic E-state index is -0.406. The summed E-state index contributed by atoms with van der Waals surface area (Å²) in [6.07, 6.45) is 3.58. The lowest BCUT2D eigenvalue weighted by Gasteiger charge is -2.67. The molecule has 3 aromatic rings. The van der Waals surface area contributed by atoms with E-state index in [0.29, 0.717) is 49.2 Å². The van der Waals surface area contributed by atoms with E-state index in [4.69, 9.17) is 9.47 Å². The first kappa shape index (κ1) is 24.1. The van der Waals surface area contributed by atoms with Crippen LogP contribution in [0, 0.1) is 17.7 Å². The van der Waals surface area contributed by atoms with E-state index in [1.807, 2.05) is 6.07 Å². The van der Waals surface area contributed by atoms with E-state index in [-0.39, 0.29) is 22.7 Å². The Morgan fingerprint density at radius 2 is 1.92 bits per heavy atom. The molecule has 4 fully saturated rings. The minimum Gasteiger partial charge on any atom is -0.495 e. The molecule has 8 nitrogen and oxygen atoms in total. The van der Waals surface area contributed by atoms with Gasteiger partial charge >= 0.3 is 0 Å². The topological polar surface area (TPSA) is 85.7 Å². The molecule has 2 bridgehead atoms. The van der Waals surface area contributed by atoms with Gasteiger partial charge in [-0.05, 0) is 48.4 Å². The van der Waals surface area contributed by atoms with Crippen LogP contribution in [0.15, 0.2) is 41.3 Å². The molecule has 2 aromatic heterocycles. The summed E-state index contributed by atoms with van der Waals surface area (Å²) in [5.41, 5.74) is 1.35. The van der Waals surface area contributed by atoms with E-state index >= 15 is 0 Å². The molecular formula is C28H31FN4O4. The SMILES string of the molecule is COc1c(C(=O)NC23CC(C2)[C@@H]3C)c(=O)n(CCN2CCOCC2)c2ncc(-c3ccc(F)cc3)cc12. The summed E-state index contributed by atoms with van der Waals surface area (Å²) in [6.45, 7) is 6.07. The number of pyridine rings is 2. The number of rotatable bonds is 7. The Labute approximate surface area is 214 Å². The smallest absolute Gasteiger partial charge is 0.268 e. The number of carbonyl (C=O) groups excluding carboxylic acids is 1. The fraction of sp³-hybridized carbons (Fsp3) is 0.464. The van der Waals surface area contributed by atoms with Crippen molar-refractivity contribution in [3.05, 3.63) is 58.3 Å². The van der Waals surface area contributed by atoms with Gasteiger partial charge in [-0.2, -0.15) is 0 Å². The Kier molecular flexibility index (Phi) is 6.00. The highest BCUT2D eigenvalue weighted by Gasteiger charge is 2.63. The van der Waals surface area contributed by atoms with Gasteiger partial charge in [-0.1, -0.05) is 19.1 Å². The summed E-state index contributed by atoms with van der Waals surface area (Å²) in [6, 6.07) is 8.00. The molecular weight excluding hydrogens is 475 g/mol. The van der Waals surface area contributed by atoms with Crippen molar-refractivity contribution >= 4 is 16.9 Å². The van der Waals surface area contributed by atoms with Gasteiger partial charge in [0.15, 0.2) is 0 Å². The van der Waals surface area contributed by atoms with Crippen LogP contribution in [-0.2, 0) is 11.3 Å². The molecule has 9 heteroatoms. The molecule has 3 saturated carbocycles. The van der Waals surface area contributed by atoms with Crippen LogP contribution in [-0.4, -0.2) is 65.9 Å². The number of methoxy groups -OCH3 is 1. The number of morpholine rings is 1. The molecule has 0 unspecified atom stereocenters. The maximum atomic E-state index is 13.9. The summed E-state index contributed by atoms with van der Waals surface area (Å²) >= 11 is 0. The summed E-state index contributed by atoms with van der Waals surface area (Å²) in [4.78, 5) is 34.4. The van der Waals surface area contributed by atoms with Crippen LogP contribution in [0.3, 0.4) is 0 Å². The Bertz CT molecular complexity index is 1410. The molecule has 37 heavy (non-hydrogen) atoms. The maximum absolute atomic E-state index is 13.9. The van der Waals surface area contributed by atoms with Crippen molar-refractivity contribution in [3.63, 3.8) is 0 Å². The van der Waals surface area contributed by atoms with Crippen molar-refractivity contribution in [2.45, 2.75) is 31.8 Å². The van der Waals surface area contributed by atoms with Gasteiger partial charge < -0.3 is 14.8 Å². The quantitative estimate of drug-likeness (QED) is 0.530. The van der Waals surface area contributed by atoms with Crippen molar-refractivity contribution in [2.75, 3.05) is 40.0 Å². The van der Waals surface area contributed by atoms with Crippen molar-refractivity contribution in [1.29, 1.82) is 0 Å². The van der Waals surface area contributed by atoms with Gasteiger partial charge in [0.1, 0.15) is 22.8 Å².